The summed E-state index contributed by atoms with van der Waals surface area (Å²) >= 11 is 7.99. The molecule has 0 unspecified atom stereocenters. The lowest BCUT2D eigenvalue weighted by Crippen LogP contribution is -2.16. The Morgan fingerprint density at radius 2 is 1.97 bits per heavy atom. The number of rotatable bonds is 5. The van der Waals surface area contributed by atoms with Crippen molar-refractivity contribution in [3.8, 4) is 10.6 Å². The highest BCUT2D eigenvalue weighted by molar-refractivity contribution is 7.13. The van der Waals surface area contributed by atoms with Crippen molar-refractivity contribution in [2.45, 2.75) is 32.1 Å². The zero-order chi connectivity index (χ0) is 23.7. The highest BCUT2D eigenvalue weighted by Gasteiger charge is 2.28. The lowest BCUT2D eigenvalue weighted by atomic mass is 9.80. The van der Waals surface area contributed by atoms with E-state index in [4.69, 9.17) is 11.6 Å². The smallest absolute Gasteiger partial charge is 0.229 e. The van der Waals surface area contributed by atoms with Crippen molar-refractivity contribution in [2.24, 2.45) is 0 Å². The van der Waals surface area contributed by atoms with Gasteiger partial charge in [0.15, 0.2) is 5.82 Å². The number of nitrogens with zero attached hydrogens (tertiary/aromatic N) is 3. The van der Waals surface area contributed by atoms with Crippen molar-refractivity contribution in [1.29, 1.82) is 0 Å². The van der Waals surface area contributed by atoms with Crippen LogP contribution in [0.4, 0.5) is 28.8 Å². The van der Waals surface area contributed by atoms with Crippen molar-refractivity contribution in [3.05, 3.63) is 70.8 Å². The van der Waals surface area contributed by atoms with Crippen LogP contribution in [0.2, 0.25) is 5.02 Å². The first-order valence-corrected chi connectivity index (χ1v) is 12.1. The van der Waals surface area contributed by atoms with Gasteiger partial charge in [-0.1, -0.05) is 37.6 Å². The van der Waals surface area contributed by atoms with Gasteiger partial charge >= 0.3 is 0 Å². The molecule has 9 heteroatoms. The average Bonchev–Trinajstić information content (AvgIpc) is 3.32. The predicted molar refractivity (Wildman–Crippen MR) is 138 cm³/mol. The summed E-state index contributed by atoms with van der Waals surface area (Å²) in [6, 6.07) is 13.8. The zero-order valence-corrected chi connectivity index (χ0v) is 20.3. The van der Waals surface area contributed by atoms with E-state index >= 15 is 0 Å². The number of hydrogen-bond donors (Lipinski definition) is 3. The Labute approximate surface area is 206 Å². The number of anilines is 5. The standard InChI is InChI=1S/C25H23ClN6OS/c1-25(2)10-9-21(33)30-20-8-7-15(13-17(20)25)29-24-28-14-18(26)22(32-24)31-19-6-4-3-5-16(19)23-27-11-12-34-23/h3-8,11-14H,9-10H2,1-2H3,(H,30,33)(H2,28,29,31,32). The van der Waals surface area contributed by atoms with Crippen molar-refractivity contribution >= 4 is 57.7 Å². The molecule has 7 nitrogen and oxygen atoms in total. The Morgan fingerprint density at radius 1 is 1.12 bits per heavy atom. The van der Waals surface area contributed by atoms with E-state index in [9.17, 15) is 4.79 Å². The summed E-state index contributed by atoms with van der Waals surface area (Å²) in [6.45, 7) is 4.30. The highest BCUT2D eigenvalue weighted by atomic mass is 35.5. The minimum atomic E-state index is -0.140. The number of fused-ring (bicyclic) bond motifs is 1. The molecule has 3 heterocycles. The molecular weight excluding hydrogens is 468 g/mol. The van der Waals surface area contributed by atoms with E-state index in [2.05, 4.69) is 44.7 Å². The summed E-state index contributed by atoms with van der Waals surface area (Å²) in [7, 11) is 0. The maximum atomic E-state index is 12.1. The largest absolute Gasteiger partial charge is 0.338 e. The van der Waals surface area contributed by atoms with Crippen molar-refractivity contribution in [1.82, 2.24) is 15.0 Å². The van der Waals surface area contributed by atoms with Crippen LogP contribution in [0, 0.1) is 0 Å². The van der Waals surface area contributed by atoms with Crippen LogP contribution in [-0.2, 0) is 10.2 Å². The fourth-order valence-corrected chi connectivity index (χ4v) is 4.79. The molecule has 5 rings (SSSR count). The molecule has 3 N–H and O–H groups in total. The first-order chi connectivity index (χ1) is 16.4. The number of nitrogens with one attached hydrogen (secondary N) is 3. The second kappa shape index (κ2) is 9.04. The SMILES string of the molecule is CC1(C)CCC(=O)Nc2ccc(Nc3ncc(Cl)c(Nc4ccccc4-c4nccs4)n3)cc21. The van der Waals surface area contributed by atoms with E-state index in [1.165, 1.54) is 0 Å². The molecule has 1 aliphatic heterocycles. The normalized spacial score (nSPS) is 14.6. The van der Waals surface area contributed by atoms with E-state index in [1.807, 2.05) is 47.8 Å². The van der Waals surface area contributed by atoms with Crippen LogP contribution in [0.1, 0.15) is 32.3 Å². The van der Waals surface area contributed by atoms with Gasteiger partial charge in [-0.2, -0.15) is 4.98 Å². The third-order valence-electron chi connectivity index (χ3n) is 5.84. The van der Waals surface area contributed by atoms with Gasteiger partial charge in [-0.15, -0.1) is 11.3 Å². The molecule has 0 fully saturated rings. The Bertz CT molecular complexity index is 1360. The summed E-state index contributed by atoms with van der Waals surface area (Å²) in [4.78, 5) is 25.4. The lowest BCUT2D eigenvalue weighted by molar-refractivity contribution is -0.116. The number of halogens is 1. The van der Waals surface area contributed by atoms with Gasteiger partial charge in [0.1, 0.15) is 10.0 Å². The van der Waals surface area contributed by atoms with Gasteiger partial charge in [0.25, 0.3) is 0 Å². The van der Waals surface area contributed by atoms with Crippen molar-refractivity contribution in [2.75, 3.05) is 16.0 Å². The Morgan fingerprint density at radius 3 is 2.79 bits per heavy atom. The van der Waals surface area contributed by atoms with Gasteiger partial charge < -0.3 is 16.0 Å². The van der Waals surface area contributed by atoms with Gasteiger partial charge in [0, 0.05) is 40.6 Å². The average molecular weight is 491 g/mol. The molecule has 34 heavy (non-hydrogen) atoms. The summed E-state index contributed by atoms with van der Waals surface area (Å²) in [5, 5.41) is 12.9. The summed E-state index contributed by atoms with van der Waals surface area (Å²) in [5.41, 5.74) is 4.44. The zero-order valence-electron chi connectivity index (χ0n) is 18.7. The molecule has 0 saturated heterocycles. The summed E-state index contributed by atoms with van der Waals surface area (Å²) < 4.78 is 0. The minimum Gasteiger partial charge on any atom is -0.338 e. The summed E-state index contributed by atoms with van der Waals surface area (Å²) in [5.74, 6) is 0.946. The van der Waals surface area contributed by atoms with Crippen LogP contribution in [0.5, 0.6) is 0 Å². The number of hydrogen-bond acceptors (Lipinski definition) is 7. The van der Waals surface area contributed by atoms with Gasteiger partial charge in [-0.05, 0) is 47.7 Å². The number of aromatic nitrogens is 3. The van der Waals surface area contributed by atoms with Crippen LogP contribution in [-0.4, -0.2) is 20.9 Å². The number of thiazole rings is 1. The van der Waals surface area contributed by atoms with Crippen LogP contribution in [0.25, 0.3) is 10.6 Å². The fourth-order valence-electron chi connectivity index (χ4n) is 3.97. The molecule has 0 radical (unpaired) electrons. The van der Waals surface area contributed by atoms with E-state index in [0.29, 0.717) is 23.2 Å². The maximum absolute atomic E-state index is 12.1. The quantitative estimate of drug-likeness (QED) is 0.286. The molecule has 4 aromatic rings. The Hall–Kier alpha value is -3.49. The number of carbonyl (C=O) groups excluding carboxylic acids is 1. The number of benzene rings is 2. The third-order valence-corrected chi connectivity index (χ3v) is 6.93. The second-order valence-electron chi connectivity index (χ2n) is 8.72. The van der Waals surface area contributed by atoms with E-state index < -0.39 is 0 Å². The molecular formula is C25H23ClN6OS. The number of para-hydroxylation sites is 1. The molecule has 2 aromatic heterocycles. The second-order valence-corrected chi connectivity index (χ2v) is 10.0. The first-order valence-electron chi connectivity index (χ1n) is 10.9. The van der Waals surface area contributed by atoms with Crippen LogP contribution in [0.15, 0.2) is 60.2 Å². The Kier molecular flexibility index (Phi) is 5.93. The third kappa shape index (κ3) is 4.60. The molecule has 0 aliphatic carbocycles. The molecule has 1 aliphatic rings. The lowest BCUT2D eigenvalue weighted by Gasteiger charge is -2.25. The van der Waals surface area contributed by atoms with Gasteiger partial charge in [0.05, 0.1) is 6.20 Å². The topological polar surface area (TPSA) is 91.8 Å². The number of amides is 1. The van der Waals surface area contributed by atoms with E-state index in [0.717, 1.165) is 39.6 Å². The van der Waals surface area contributed by atoms with Gasteiger partial charge in [-0.25, -0.2) is 9.97 Å². The fraction of sp³-hybridized carbons (Fsp3) is 0.200. The van der Waals surface area contributed by atoms with Crippen LogP contribution >= 0.6 is 22.9 Å². The van der Waals surface area contributed by atoms with Crippen molar-refractivity contribution in [3.63, 3.8) is 0 Å². The monoisotopic (exact) mass is 490 g/mol. The maximum Gasteiger partial charge on any atom is 0.229 e. The first kappa shape index (κ1) is 22.3. The molecule has 2 aromatic carbocycles. The molecule has 0 bridgehead atoms. The van der Waals surface area contributed by atoms with Gasteiger partial charge in [0.2, 0.25) is 11.9 Å². The highest BCUT2D eigenvalue weighted by Crippen LogP contribution is 2.39. The molecule has 1 amide bonds. The summed E-state index contributed by atoms with van der Waals surface area (Å²) in [6.07, 6.45) is 4.63. The van der Waals surface area contributed by atoms with Crippen LogP contribution < -0.4 is 16.0 Å². The molecule has 0 atom stereocenters. The Balaban J connectivity index is 1.43. The van der Waals surface area contributed by atoms with Gasteiger partial charge in [-0.3, -0.25) is 4.79 Å². The van der Waals surface area contributed by atoms with Crippen LogP contribution in [0.3, 0.4) is 0 Å². The van der Waals surface area contributed by atoms with Crippen molar-refractivity contribution < 1.29 is 4.79 Å². The number of carbonyl (C=O) groups is 1. The van der Waals surface area contributed by atoms with E-state index in [1.54, 1.807) is 23.7 Å². The molecule has 0 saturated carbocycles. The molecule has 172 valence electrons. The minimum absolute atomic E-state index is 0.0438. The predicted octanol–water partition coefficient (Wildman–Crippen LogP) is 6.75. The molecule has 0 spiro atoms. The van der Waals surface area contributed by atoms with E-state index in [-0.39, 0.29) is 11.3 Å².